The number of thioether (sulfide) groups is 1. The van der Waals surface area contributed by atoms with Gasteiger partial charge in [-0.3, -0.25) is 4.79 Å². The summed E-state index contributed by atoms with van der Waals surface area (Å²) in [7, 11) is 1.61. The van der Waals surface area contributed by atoms with Gasteiger partial charge in [-0.2, -0.15) is 0 Å². The maximum Gasteiger partial charge on any atom is 0.234 e. The molecule has 1 N–H and O–H groups in total. The van der Waals surface area contributed by atoms with Crippen LogP contribution in [0.1, 0.15) is 12.7 Å². The average Bonchev–Trinajstić information content (AvgIpc) is 3.15. The van der Waals surface area contributed by atoms with Crippen molar-refractivity contribution >= 4 is 58.2 Å². The average molecular weight is 502 g/mol. The predicted molar refractivity (Wildman–Crippen MR) is 124 cm³/mol. The number of hydrogen-bond acceptors (Lipinski definition) is 6. The molecule has 0 aliphatic heterocycles. The minimum atomic E-state index is -0.280. The lowest BCUT2D eigenvalue weighted by molar-refractivity contribution is -0.113. The Hall–Kier alpha value is -2.13. The molecule has 0 aliphatic rings. The molecule has 0 aliphatic carbocycles. The van der Waals surface area contributed by atoms with Crippen molar-refractivity contribution in [1.82, 2.24) is 14.8 Å². The second-order valence-electron chi connectivity index (χ2n) is 6.19. The standard InChI is InChI=1S/C20H19Cl3N4O3S/c1-3-27-17(10-30-14-6-4-13(29-2)5-7-14)25-26-20(27)31-11-18(28)24-19-15(22)8-12(21)9-16(19)23/h4-9H,3,10-11H2,1-2H3,(H,24,28). The minimum Gasteiger partial charge on any atom is -0.497 e. The van der Waals surface area contributed by atoms with Crippen LogP contribution in [0.2, 0.25) is 15.1 Å². The second kappa shape index (κ2) is 10.9. The topological polar surface area (TPSA) is 78.3 Å². The van der Waals surface area contributed by atoms with Gasteiger partial charge in [0.15, 0.2) is 11.0 Å². The fraction of sp³-hybridized carbons (Fsp3) is 0.250. The number of amides is 1. The molecule has 11 heteroatoms. The van der Waals surface area contributed by atoms with Gasteiger partial charge in [-0.15, -0.1) is 10.2 Å². The Morgan fingerprint density at radius 3 is 2.35 bits per heavy atom. The molecular weight excluding hydrogens is 483 g/mol. The number of nitrogens with one attached hydrogen (secondary N) is 1. The number of nitrogens with zero attached hydrogens (tertiary/aromatic N) is 3. The van der Waals surface area contributed by atoms with Gasteiger partial charge in [0.1, 0.15) is 18.1 Å². The second-order valence-corrected chi connectivity index (χ2v) is 8.38. The summed E-state index contributed by atoms with van der Waals surface area (Å²) >= 11 is 19.4. The Morgan fingerprint density at radius 2 is 1.74 bits per heavy atom. The molecule has 2 aromatic carbocycles. The van der Waals surface area contributed by atoms with Gasteiger partial charge in [0.05, 0.1) is 28.6 Å². The first kappa shape index (κ1) is 23.5. The van der Waals surface area contributed by atoms with E-state index in [1.807, 2.05) is 35.8 Å². The van der Waals surface area contributed by atoms with E-state index in [0.29, 0.717) is 34.0 Å². The van der Waals surface area contributed by atoms with Gasteiger partial charge < -0.3 is 19.4 Å². The third-order valence-corrected chi connectivity index (χ3v) is 5.92. The molecule has 1 amide bonds. The maximum absolute atomic E-state index is 12.4. The highest BCUT2D eigenvalue weighted by Gasteiger charge is 2.16. The largest absolute Gasteiger partial charge is 0.497 e. The summed E-state index contributed by atoms with van der Waals surface area (Å²) in [6.45, 7) is 2.85. The van der Waals surface area contributed by atoms with Crippen molar-refractivity contribution in [3.8, 4) is 11.5 Å². The molecule has 164 valence electrons. The molecule has 0 atom stereocenters. The summed E-state index contributed by atoms with van der Waals surface area (Å²) in [6, 6.07) is 10.3. The van der Waals surface area contributed by atoms with Crippen molar-refractivity contribution < 1.29 is 14.3 Å². The normalized spacial score (nSPS) is 10.7. The van der Waals surface area contributed by atoms with Crippen LogP contribution in [0.25, 0.3) is 0 Å². The lowest BCUT2D eigenvalue weighted by atomic mass is 10.3. The van der Waals surface area contributed by atoms with Crippen molar-refractivity contribution in [2.45, 2.75) is 25.2 Å². The summed E-state index contributed by atoms with van der Waals surface area (Å²) < 4.78 is 12.8. The van der Waals surface area contributed by atoms with Crippen LogP contribution in [0.3, 0.4) is 0 Å². The number of rotatable bonds is 9. The molecule has 0 saturated heterocycles. The molecule has 31 heavy (non-hydrogen) atoms. The molecule has 0 fully saturated rings. The molecule has 3 aromatic rings. The third kappa shape index (κ3) is 6.20. The van der Waals surface area contributed by atoms with E-state index in [4.69, 9.17) is 44.3 Å². The molecule has 7 nitrogen and oxygen atoms in total. The van der Waals surface area contributed by atoms with Crippen LogP contribution < -0.4 is 14.8 Å². The fourth-order valence-electron chi connectivity index (χ4n) is 2.64. The SMILES string of the molecule is CCn1c(COc2ccc(OC)cc2)nnc1SCC(=O)Nc1c(Cl)cc(Cl)cc1Cl. The number of benzene rings is 2. The van der Waals surface area contributed by atoms with Crippen molar-refractivity contribution in [2.75, 3.05) is 18.2 Å². The van der Waals surface area contributed by atoms with E-state index in [-0.39, 0.29) is 28.3 Å². The number of aromatic nitrogens is 3. The molecule has 0 bridgehead atoms. The molecule has 0 saturated carbocycles. The Labute approximate surface area is 199 Å². The zero-order chi connectivity index (χ0) is 22.4. The van der Waals surface area contributed by atoms with E-state index in [0.717, 1.165) is 5.75 Å². The van der Waals surface area contributed by atoms with E-state index in [9.17, 15) is 4.79 Å². The molecule has 0 radical (unpaired) electrons. The van der Waals surface area contributed by atoms with Crippen LogP contribution in [0.4, 0.5) is 5.69 Å². The molecule has 0 spiro atoms. The van der Waals surface area contributed by atoms with Gasteiger partial charge in [0.25, 0.3) is 0 Å². The minimum absolute atomic E-state index is 0.104. The molecule has 0 unspecified atom stereocenters. The van der Waals surface area contributed by atoms with Crippen LogP contribution in [0, 0.1) is 0 Å². The van der Waals surface area contributed by atoms with E-state index in [1.54, 1.807) is 7.11 Å². The highest BCUT2D eigenvalue weighted by atomic mass is 35.5. The summed E-state index contributed by atoms with van der Waals surface area (Å²) in [5.74, 6) is 1.93. The van der Waals surface area contributed by atoms with Gasteiger partial charge in [0, 0.05) is 11.6 Å². The zero-order valence-corrected chi connectivity index (χ0v) is 19.8. The zero-order valence-electron chi connectivity index (χ0n) is 16.7. The Morgan fingerprint density at radius 1 is 1.10 bits per heavy atom. The number of hydrogen-bond donors (Lipinski definition) is 1. The van der Waals surface area contributed by atoms with Crippen LogP contribution in [-0.4, -0.2) is 33.5 Å². The number of halogens is 3. The Kier molecular flexibility index (Phi) is 8.31. The lowest BCUT2D eigenvalue weighted by Crippen LogP contribution is -2.15. The molecule has 3 rings (SSSR count). The fourth-order valence-corrected chi connectivity index (χ4v) is 4.37. The molecule has 1 aromatic heterocycles. The summed E-state index contributed by atoms with van der Waals surface area (Å²) in [6.07, 6.45) is 0. The van der Waals surface area contributed by atoms with Gasteiger partial charge in [-0.25, -0.2) is 0 Å². The summed E-state index contributed by atoms with van der Waals surface area (Å²) in [4.78, 5) is 12.4. The van der Waals surface area contributed by atoms with Crippen LogP contribution in [0.5, 0.6) is 11.5 Å². The van der Waals surface area contributed by atoms with Crippen LogP contribution in [0.15, 0.2) is 41.6 Å². The highest BCUT2D eigenvalue weighted by molar-refractivity contribution is 7.99. The van der Waals surface area contributed by atoms with Gasteiger partial charge in [-0.1, -0.05) is 46.6 Å². The first-order chi connectivity index (χ1) is 14.9. The van der Waals surface area contributed by atoms with Crippen molar-refractivity contribution in [3.63, 3.8) is 0 Å². The quantitative estimate of drug-likeness (QED) is 0.386. The summed E-state index contributed by atoms with van der Waals surface area (Å²) in [5.41, 5.74) is 0.323. The van der Waals surface area contributed by atoms with Crippen molar-refractivity contribution in [3.05, 3.63) is 57.3 Å². The number of anilines is 1. The monoisotopic (exact) mass is 500 g/mol. The first-order valence-corrected chi connectivity index (χ1v) is 11.3. The van der Waals surface area contributed by atoms with Gasteiger partial charge in [0.2, 0.25) is 5.91 Å². The predicted octanol–water partition coefficient (Wildman–Crippen LogP) is 5.58. The number of methoxy groups -OCH3 is 1. The van der Waals surface area contributed by atoms with Crippen LogP contribution >= 0.6 is 46.6 Å². The number of carbonyl (C=O) groups excluding carboxylic acids is 1. The van der Waals surface area contributed by atoms with E-state index >= 15 is 0 Å². The summed E-state index contributed by atoms with van der Waals surface area (Å²) in [5, 5.41) is 12.6. The number of ether oxygens (including phenoxy) is 2. The van der Waals surface area contributed by atoms with Gasteiger partial charge in [-0.05, 0) is 43.3 Å². The lowest BCUT2D eigenvalue weighted by Gasteiger charge is -2.11. The highest BCUT2D eigenvalue weighted by Crippen LogP contribution is 2.33. The van der Waals surface area contributed by atoms with E-state index in [2.05, 4.69) is 15.5 Å². The third-order valence-electron chi connectivity index (χ3n) is 4.14. The van der Waals surface area contributed by atoms with Crippen molar-refractivity contribution in [1.29, 1.82) is 0 Å². The van der Waals surface area contributed by atoms with E-state index < -0.39 is 0 Å². The first-order valence-electron chi connectivity index (χ1n) is 9.17. The van der Waals surface area contributed by atoms with Gasteiger partial charge >= 0.3 is 0 Å². The number of carbonyl (C=O) groups is 1. The maximum atomic E-state index is 12.4. The Bertz CT molecular complexity index is 1040. The van der Waals surface area contributed by atoms with E-state index in [1.165, 1.54) is 23.9 Å². The van der Waals surface area contributed by atoms with Crippen LogP contribution in [-0.2, 0) is 17.9 Å². The smallest absolute Gasteiger partial charge is 0.234 e. The van der Waals surface area contributed by atoms with Crippen molar-refractivity contribution in [2.24, 2.45) is 0 Å². The molecule has 1 heterocycles. The Balaban J connectivity index is 1.59. The molecular formula is C20H19Cl3N4O3S.